The lowest BCUT2D eigenvalue weighted by Gasteiger charge is -2.12. The number of nitrogens with zero attached hydrogens (tertiary/aromatic N) is 1. The first kappa shape index (κ1) is 9.23. The Morgan fingerprint density at radius 3 is 2.67 bits per heavy atom. The molecule has 1 atom stereocenters. The van der Waals surface area contributed by atoms with Crippen molar-refractivity contribution in [1.29, 1.82) is 0 Å². The highest BCUT2D eigenvalue weighted by Gasteiger charge is 2.26. The summed E-state index contributed by atoms with van der Waals surface area (Å²) in [4.78, 5) is 23.9. The van der Waals surface area contributed by atoms with E-state index in [1.54, 1.807) is 19.0 Å². The van der Waals surface area contributed by atoms with Crippen molar-refractivity contribution < 1.29 is 9.59 Å². The summed E-state index contributed by atoms with van der Waals surface area (Å²) >= 11 is 0. The Hall–Kier alpha value is -0.860. The molecule has 1 saturated carbocycles. The number of carbonyl (C=O) groups is 2. The van der Waals surface area contributed by atoms with Gasteiger partial charge in [0.2, 0.25) is 5.91 Å². The van der Waals surface area contributed by atoms with E-state index in [2.05, 4.69) is 0 Å². The summed E-state index contributed by atoms with van der Waals surface area (Å²) in [6, 6.07) is 0. The fourth-order valence-corrected chi connectivity index (χ4v) is 1.50. The molecule has 1 rings (SSSR count). The molecule has 12 heavy (non-hydrogen) atoms. The van der Waals surface area contributed by atoms with E-state index in [4.69, 9.17) is 0 Å². The fraction of sp³-hybridized carbons (Fsp3) is 0.778. The molecule has 0 bridgehead atoms. The van der Waals surface area contributed by atoms with Crippen LogP contribution in [0.25, 0.3) is 0 Å². The normalized spacial score (nSPS) is 22.8. The van der Waals surface area contributed by atoms with Gasteiger partial charge in [-0.25, -0.2) is 0 Å². The molecule has 0 radical (unpaired) electrons. The summed E-state index contributed by atoms with van der Waals surface area (Å²) in [5.41, 5.74) is 0. The van der Waals surface area contributed by atoms with Gasteiger partial charge < -0.3 is 4.90 Å². The molecule has 0 unspecified atom stereocenters. The van der Waals surface area contributed by atoms with Crippen LogP contribution in [0.15, 0.2) is 0 Å². The molecule has 3 heteroatoms. The summed E-state index contributed by atoms with van der Waals surface area (Å²) in [6.07, 6.45) is 2.94. The molecule has 0 aromatic heterocycles. The maximum absolute atomic E-state index is 11.2. The van der Waals surface area contributed by atoms with Gasteiger partial charge in [0, 0.05) is 32.9 Å². The third-order valence-corrected chi connectivity index (χ3v) is 2.35. The van der Waals surface area contributed by atoms with Gasteiger partial charge in [0.1, 0.15) is 5.78 Å². The minimum Gasteiger partial charge on any atom is -0.349 e. The predicted octanol–water partition coefficient (Wildman–Crippen LogP) is 0.834. The standard InChI is InChI=1S/C9H15NO2/c1-10(2)9(12)6-7-4-3-5-8(7)11/h7H,3-6H2,1-2H3/t7-/m0/s1. The van der Waals surface area contributed by atoms with Gasteiger partial charge in [0.05, 0.1) is 0 Å². The average molecular weight is 169 g/mol. The number of hydrogen-bond donors (Lipinski definition) is 0. The number of amides is 1. The van der Waals surface area contributed by atoms with E-state index in [0.717, 1.165) is 12.8 Å². The third-order valence-electron chi connectivity index (χ3n) is 2.35. The molecule has 0 aromatic carbocycles. The quantitative estimate of drug-likeness (QED) is 0.614. The van der Waals surface area contributed by atoms with Crippen LogP contribution in [0.1, 0.15) is 25.7 Å². The summed E-state index contributed by atoms with van der Waals surface area (Å²) in [5.74, 6) is 0.348. The minimum absolute atomic E-state index is 0.0138. The van der Waals surface area contributed by atoms with Crippen LogP contribution in [0.5, 0.6) is 0 Å². The molecule has 3 nitrogen and oxygen atoms in total. The minimum atomic E-state index is 0.0138. The molecule has 1 amide bonds. The first-order chi connectivity index (χ1) is 5.61. The van der Waals surface area contributed by atoms with Gasteiger partial charge in [0.15, 0.2) is 0 Å². The summed E-state index contributed by atoms with van der Waals surface area (Å²) in [7, 11) is 3.45. The van der Waals surface area contributed by atoms with Crippen LogP contribution in [0.4, 0.5) is 0 Å². The van der Waals surface area contributed by atoms with Crippen LogP contribution in [0.2, 0.25) is 0 Å². The Balaban J connectivity index is 2.40. The molecule has 0 aromatic rings. The monoisotopic (exact) mass is 169 g/mol. The first-order valence-electron chi connectivity index (χ1n) is 4.34. The van der Waals surface area contributed by atoms with Gasteiger partial charge in [-0.05, 0) is 12.8 Å². The zero-order chi connectivity index (χ0) is 9.14. The Morgan fingerprint density at radius 2 is 2.25 bits per heavy atom. The smallest absolute Gasteiger partial charge is 0.222 e. The third kappa shape index (κ3) is 2.06. The highest BCUT2D eigenvalue weighted by molar-refractivity contribution is 5.88. The SMILES string of the molecule is CN(C)C(=O)C[C@@H]1CCCC1=O. The summed E-state index contributed by atoms with van der Waals surface area (Å²) in [5, 5.41) is 0. The summed E-state index contributed by atoms with van der Waals surface area (Å²) in [6.45, 7) is 0. The second-order valence-electron chi connectivity index (χ2n) is 3.55. The molecule has 1 fully saturated rings. The molecular formula is C9H15NO2. The van der Waals surface area contributed by atoms with Gasteiger partial charge >= 0.3 is 0 Å². The molecule has 0 heterocycles. The van der Waals surface area contributed by atoms with Crippen molar-refractivity contribution in [3.05, 3.63) is 0 Å². The maximum Gasteiger partial charge on any atom is 0.222 e. The summed E-state index contributed by atoms with van der Waals surface area (Å²) < 4.78 is 0. The van der Waals surface area contributed by atoms with Crippen LogP contribution in [0.3, 0.4) is 0 Å². The second kappa shape index (κ2) is 3.70. The Labute approximate surface area is 72.7 Å². The number of hydrogen-bond acceptors (Lipinski definition) is 2. The van der Waals surface area contributed by atoms with Crippen LogP contribution in [-0.2, 0) is 9.59 Å². The molecule has 0 aliphatic heterocycles. The van der Waals surface area contributed by atoms with Gasteiger partial charge in [-0.15, -0.1) is 0 Å². The van der Waals surface area contributed by atoms with Crippen LogP contribution in [-0.4, -0.2) is 30.7 Å². The number of Topliss-reactive ketones (excluding diaryl/α,β-unsaturated/α-hetero) is 1. The van der Waals surface area contributed by atoms with E-state index in [9.17, 15) is 9.59 Å². The maximum atomic E-state index is 11.2. The van der Waals surface area contributed by atoms with Gasteiger partial charge in [-0.3, -0.25) is 9.59 Å². The topological polar surface area (TPSA) is 37.4 Å². The van der Waals surface area contributed by atoms with Crippen molar-refractivity contribution in [2.24, 2.45) is 5.92 Å². The molecule has 0 spiro atoms. The average Bonchev–Trinajstić information content (AvgIpc) is 2.36. The highest BCUT2D eigenvalue weighted by Crippen LogP contribution is 2.24. The van der Waals surface area contributed by atoms with E-state index in [1.807, 2.05) is 0 Å². The Kier molecular flexibility index (Phi) is 2.84. The van der Waals surface area contributed by atoms with Crippen molar-refractivity contribution in [2.45, 2.75) is 25.7 Å². The zero-order valence-electron chi connectivity index (χ0n) is 7.67. The Morgan fingerprint density at radius 1 is 1.58 bits per heavy atom. The molecule has 1 aliphatic rings. The van der Waals surface area contributed by atoms with Gasteiger partial charge in [0.25, 0.3) is 0 Å². The van der Waals surface area contributed by atoms with Crippen molar-refractivity contribution in [3.8, 4) is 0 Å². The van der Waals surface area contributed by atoms with Crippen molar-refractivity contribution in [2.75, 3.05) is 14.1 Å². The Bertz CT molecular complexity index is 199. The highest BCUT2D eigenvalue weighted by atomic mass is 16.2. The van der Waals surface area contributed by atoms with Gasteiger partial charge in [-0.2, -0.15) is 0 Å². The number of ketones is 1. The predicted molar refractivity (Wildman–Crippen MR) is 45.7 cm³/mol. The largest absolute Gasteiger partial charge is 0.349 e. The first-order valence-corrected chi connectivity index (χ1v) is 4.34. The lowest BCUT2D eigenvalue weighted by molar-refractivity contribution is -0.132. The van der Waals surface area contributed by atoms with E-state index in [1.165, 1.54) is 0 Å². The van der Waals surface area contributed by atoms with Crippen molar-refractivity contribution in [3.63, 3.8) is 0 Å². The second-order valence-corrected chi connectivity index (χ2v) is 3.55. The fourth-order valence-electron chi connectivity index (χ4n) is 1.50. The van der Waals surface area contributed by atoms with Crippen molar-refractivity contribution >= 4 is 11.7 Å². The molecule has 1 aliphatic carbocycles. The van der Waals surface area contributed by atoms with Crippen LogP contribution >= 0.6 is 0 Å². The molecular weight excluding hydrogens is 154 g/mol. The van der Waals surface area contributed by atoms with E-state index < -0.39 is 0 Å². The van der Waals surface area contributed by atoms with Crippen molar-refractivity contribution in [1.82, 2.24) is 4.90 Å². The molecule has 68 valence electrons. The zero-order valence-corrected chi connectivity index (χ0v) is 7.67. The van der Waals surface area contributed by atoms with E-state index >= 15 is 0 Å². The van der Waals surface area contributed by atoms with E-state index in [-0.39, 0.29) is 17.6 Å². The lowest BCUT2D eigenvalue weighted by atomic mass is 10.0. The molecule has 0 saturated heterocycles. The van der Waals surface area contributed by atoms with E-state index in [0.29, 0.717) is 12.8 Å². The van der Waals surface area contributed by atoms with Crippen LogP contribution in [0, 0.1) is 5.92 Å². The molecule has 0 N–H and O–H groups in total. The number of rotatable bonds is 2. The lowest BCUT2D eigenvalue weighted by Crippen LogP contribution is -2.25. The van der Waals surface area contributed by atoms with Gasteiger partial charge in [-0.1, -0.05) is 0 Å². The number of carbonyl (C=O) groups excluding carboxylic acids is 2. The van der Waals surface area contributed by atoms with Crippen LogP contribution < -0.4 is 0 Å².